The summed E-state index contributed by atoms with van der Waals surface area (Å²) in [6, 6.07) is 13.3. The summed E-state index contributed by atoms with van der Waals surface area (Å²) >= 11 is 0. The van der Waals surface area contributed by atoms with Crippen LogP contribution in [-0.4, -0.2) is 29.9 Å². The predicted molar refractivity (Wildman–Crippen MR) is 87.0 cm³/mol. The van der Waals surface area contributed by atoms with Gasteiger partial charge in [-0.15, -0.1) is 0 Å². The van der Waals surface area contributed by atoms with E-state index >= 15 is 0 Å². The number of carbonyl (C=O) groups excluding carboxylic acids is 2. The summed E-state index contributed by atoms with van der Waals surface area (Å²) in [7, 11) is 1.57. The van der Waals surface area contributed by atoms with Crippen molar-refractivity contribution in [3.63, 3.8) is 0 Å². The average Bonchev–Trinajstić information content (AvgIpc) is 2.57. The first kappa shape index (κ1) is 16.0. The van der Waals surface area contributed by atoms with Crippen LogP contribution in [0, 0.1) is 5.82 Å². The molecular formula is C18H17FN2O3. The number of nitrogens with one attached hydrogen (secondary N) is 1. The second-order valence-electron chi connectivity index (χ2n) is 5.64. The zero-order valence-corrected chi connectivity index (χ0v) is 13.2. The number of amides is 2. The van der Waals surface area contributed by atoms with Crippen LogP contribution in [0.2, 0.25) is 0 Å². The molecule has 0 saturated carbocycles. The summed E-state index contributed by atoms with van der Waals surface area (Å²) in [5.41, 5.74) is 1.01. The lowest BCUT2D eigenvalue weighted by Gasteiger charge is -2.27. The van der Waals surface area contributed by atoms with Crippen molar-refractivity contribution in [1.29, 1.82) is 0 Å². The van der Waals surface area contributed by atoms with Gasteiger partial charge < -0.3 is 15.0 Å². The third kappa shape index (κ3) is 3.37. The number of carbonyl (C=O) groups is 2. The van der Waals surface area contributed by atoms with Crippen LogP contribution in [-0.2, 0) is 16.1 Å². The van der Waals surface area contributed by atoms with Crippen molar-refractivity contribution in [2.45, 2.75) is 19.1 Å². The lowest BCUT2D eigenvalue weighted by atomic mass is 10.1. The molecule has 1 aliphatic rings. The van der Waals surface area contributed by atoms with E-state index in [0.29, 0.717) is 17.0 Å². The number of anilines is 1. The summed E-state index contributed by atoms with van der Waals surface area (Å²) in [6.07, 6.45) is -0.999. The molecule has 0 radical (unpaired) electrons. The molecule has 1 atom stereocenters. The van der Waals surface area contributed by atoms with Crippen molar-refractivity contribution in [1.82, 2.24) is 4.90 Å². The normalized spacial score (nSPS) is 15.9. The molecule has 3 rings (SSSR count). The van der Waals surface area contributed by atoms with Gasteiger partial charge in [0.25, 0.3) is 5.91 Å². The summed E-state index contributed by atoms with van der Waals surface area (Å²) in [5.74, 6) is -0.483. The van der Waals surface area contributed by atoms with Crippen LogP contribution in [0.1, 0.15) is 12.0 Å². The maximum absolute atomic E-state index is 13.7. The molecule has 5 nitrogen and oxygen atoms in total. The fraction of sp³-hybridized carbons (Fsp3) is 0.222. The molecule has 2 aromatic rings. The van der Waals surface area contributed by atoms with Gasteiger partial charge in [0.15, 0.2) is 6.10 Å². The Morgan fingerprint density at radius 3 is 2.71 bits per heavy atom. The van der Waals surface area contributed by atoms with Gasteiger partial charge in [-0.3, -0.25) is 9.59 Å². The molecule has 0 aromatic heterocycles. The van der Waals surface area contributed by atoms with E-state index in [1.54, 1.807) is 49.5 Å². The highest BCUT2D eigenvalue weighted by Gasteiger charge is 2.30. The van der Waals surface area contributed by atoms with Crippen LogP contribution in [0.5, 0.6) is 5.75 Å². The maximum Gasteiger partial charge on any atom is 0.266 e. The van der Waals surface area contributed by atoms with Gasteiger partial charge in [0.05, 0.1) is 12.1 Å². The molecule has 24 heavy (non-hydrogen) atoms. The molecule has 124 valence electrons. The minimum Gasteiger partial charge on any atom is -0.478 e. The number of halogens is 1. The van der Waals surface area contributed by atoms with E-state index in [-0.39, 0.29) is 30.6 Å². The minimum atomic E-state index is -0.893. The maximum atomic E-state index is 13.7. The molecule has 0 saturated heterocycles. The first-order valence-electron chi connectivity index (χ1n) is 7.58. The number of ether oxygens (including phenoxy) is 1. The molecule has 2 amide bonds. The Hall–Kier alpha value is -2.89. The van der Waals surface area contributed by atoms with E-state index in [4.69, 9.17) is 4.74 Å². The van der Waals surface area contributed by atoms with E-state index in [1.165, 1.54) is 11.0 Å². The van der Waals surface area contributed by atoms with E-state index in [1.807, 2.05) is 0 Å². The molecule has 6 heteroatoms. The standard InChI is InChI=1S/C18H17FN2O3/c1-21(11-12-6-2-3-7-13(12)19)17(22)10-16-18(23)20-14-8-4-5-9-15(14)24-16/h2-9,16H,10-11H2,1H3,(H,20,23)/t16-/m0/s1. The van der Waals surface area contributed by atoms with Gasteiger partial charge in [0.1, 0.15) is 11.6 Å². The molecule has 0 bridgehead atoms. The number of rotatable bonds is 4. The van der Waals surface area contributed by atoms with Gasteiger partial charge in [-0.1, -0.05) is 30.3 Å². The zero-order valence-electron chi connectivity index (χ0n) is 13.2. The third-order valence-electron chi connectivity index (χ3n) is 3.86. The van der Waals surface area contributed by atoms with E-state index in [2.05, 4.69) is 5.32 Å². The second-order valence-corrected chi connectivity index (χ2v) is 5.64. The van der Waals surface area contributed by atoms with Crippen LogP contribution in [0.4, 0.5) is 10.1 Å². The summed E-state index contributed by atoms with van der Waals surface area (Å²) < 4.78 is 19.3. The van der Waals surface area contributed by atoms with Gasteiger partial charge in [-0.2, -0.15) is 0 Å². The van der Waals surface area contributed by atoms with Crippen LogP contribution < -0.4 is 10.1 Å². The number of fused-ring (bicyclic) bond motifs is 1. The fourth-order valence-electron chi connectivity index (χ4n) is 2.51. The highest BCUT2D eigenvalue weighted by Crippen LogP contribution is 2.29. The largest absolute Gasteiger partial charge is 0.478 e. The Morgan fingerprint density at radius 1 is 1.21 bits per heavy atom. The topological polar surface area (TPSA) is 58.6 Å². The number of hydrogen-bond donors (Lipinski definition) is 1. The van der Waals surface area contributed by atoms with Gasteiger partial charge in [-0.05, 0) is 18.2 Å². The average molecular weight is 328 g/mol. The van der Waals surface area contributed by atoms with E-state index in [0.717, 1.165) is 0 Å². The number of nitrogens with zero attached hydrogens (tertiary/aromatic N) is 1. The Morgan fingerprint density at radius 2 is 1.92 bits per heavy atom. The number of benzene rings is 2. The van der Waals surface area contributed by atoms with Crippen LogP contribution in [0.25, 0.3) is 0 Å². The van der Waals surface area contributed by atoms with Crippen LogP contribution in [0.15, 0.2) is 48.5 Å². The molecule has 1 heterocycles. The van der Waals surface area contributed by atoms with E-state index < -0.39 is 6.10 Å². The second kappa shape index (κ2) is 6.70. The van der Waals surface area contributed by atoms with Crippen molar-refractivity contribution in [3.05, 3.63) is 59.9 Å². The predicted octanol–water partition coefficient (Wildman–Crippen LogP) is 2.57. The number of para-hydroxylation sites is 2. The van der Waals surface area contributed by atoms with Crippen molar-refractivity contribution in [2.24, 2.45) is 0 Å². The molecule has 1 aliphatic heterocycles. The first-order chi connectivity index (χ1) is 11.5. The Balaban J connectivity index is 1.64. The minimum absolute atomic E-state index is 0.106. The molecule has 0 unspecified atom stereocenters. The smallest absolute Gasteiger partial charge is 0.266 e. The zero-order chi connectivity index (χ0) is 17.1. The van der Waals surface area contributed by atoms with Gasteiger partial charge >= 0.3 is 0 Å². The fourth-order valence-corrected chi connectivity index (χ4v) is 2.51. The molecule has 0 aliphatic carbocycles. The van der Waals surface area contributed by atoms with Crippen LogP contribution >= 0.6 is 0 Å². The van der Waals surface area contributed by atoms with Crippen molar-refractivity contribution in [2.75, 3.05) is 12.4 Å². The quantitative estimate of drug-likeness (QED) is 0.938. The van der Waals surface area contributed by atoms with Crippen molar-refractivity contribution in [3.8, 4) is 5.75 Å². The molecule has 0 fully saturated rings. The lowest BCUT2D eigenvalue weighted by molar-refractivity contribution is -0.136. The number of hydrogen-bond acceptors (Lipinski definition) is 3. The van der Waals surface area contributed by atoms with E-state index in [9.17, 15) is 14.0 Å². The van der Waals surface area contributed by atoms with Gasteiger partial charge in [0, 0.05) is 19.2 Å². The highest BCUT2D eigenvalue weighted by atomic mass is 19.1. The van der Waals surface area contributed by atoms with Gasteiger partial charge in [0.2, 0.25) is 5.91 Å². The van der Waals surface area contributed by atoms with Gasteiger partial charge in [-0.25, -0.2) is 4.39 Å². The Kier molecular flexibility index (Phi) is 4.46. The SMILES string of the molecule is CN(Cc1ccccc1F)C(=O)C[C@@H]1Oc2ccccc2NC1=O. The summed E-state index contributed by atoms with van der Waals surface area (Å²) in [5, 5.41) is 2.72. The summed E-state index contributed by atoms with van der Waals surface area (Å²) in [4.78, 5) is 25.8. The first-order valence-corrected chi connectivity index (χ1v) is 7.58. The Labute approximate surface area is 139 Å². The monoisotopic (exact) mass is 328 g/mol. The van der Waals surface area contributed by atoms with Crippen molar-refractivity contribution < 1.29 is 18.7 Å². The molecule has 1 N–H and O–H groups in total. The molecule has 2 aromatic carbocycles. The van der Waals surface area contributed by atoms with Crippen molar-refractivity contribution >= 4 is 17.5 Å². The highest BCUT2D eigenvalue weighted by molar-refractivity contribution is 5.99. The summed E-state index contributed by atoms with van der Waals surface area (Å²) in [6.45, 7) is 0.135. The lowest BCUT2D eigenvalue weighted by Crippen LogP contribution is -2.41. The van der Waals surface area contributed by atoms with Crippen LogP contribution in [0.3, 0.4) is 0 Å². The third-order valence-corrected chi connectivity index (χ3v) is 3.86. The molecule has 0 spiro atoms. The Bertz CT molecular complexity index is 778. The molecular weight excluding hydrogens is 311 g/mol.